The van der Waals surface area contributed by atoms with Crippen LogP contribution >= 0.6 is 0 Å². The fraction of sp³-hybridized carbons (Fsp3) is 1.00. The smallest absolute Gasteiger partial charge is 0.184 e. The van der Waals surface area contributed by atoms with Crippen molar-refractivity contribution >= 4 is 0 Å². The van der Waals surface area contributed by atoms with Crippen molar-refractivity contribution in [3.8, 4) is 0 Å². The Morgan fingerprint density at radius 2 is 0.459 bits per heavy atom. The lowest BCUT2D eigenvalue weighted by Gasteiger charge is -2.52. The van der Waals surface area contributed by atoms with E-state index in [1.54, 1.807) is 0 Å². The van der Waals surface area contributed by atoms with E-state index < -0.39 is 111 Å². The van der Waals surface area contributed by atoms with E-state index in [1.165, 1.54) is 0 Å². The van der Waals surface area contributed by atoms with Gasteiger partial charge >= 0.3 is 0 Å². The highest BCUT2D eigenvalue weighted by Crippen LogP contribution is 2.48. The zero-order valence-corrected chi connectivity index (χ0v) is 64.7. The molecule has 9 saturated heterocycles. The van der Waals surface area contributed by atoms with Gasteiger partial charge < -0.3 is 101 Å². The maximum atomic E-state index is 12.2. The van der Waals surface area contributed by atoms with Crippen LogP contribution in [-0.4, -0.2) is 206 Å². The molecule has 21 heteroatoms. The molecule has 0 radical (unpaired) electrons. The van der Waals surface area contributed by atoms with Crippen LogP contribution in [0.15, 0.2) is 0 Å². The first-order valence-electron chi connectivity index (χ1n) is 39.2. The molecule has 572 valence electrons. The van der Waals surface area contributed by atoms with E-state index in [9.17, 15) is 20.4 Å². The highest BCUT2D eigenvalue weighted by molar-refractivity contribution is 4.99. The van der Waals surface area contributed by atoms with Gasteiger partial charge in [0, 0.05) is 47.3 Å². The lowest BCUT2D eigenvalue weighted by Crippen LogP contribution is -2.62. The van der Waals surface area contributed by atoms with E-state index in [-0.39, 0.29) is 145 Å². The molecule has 0 spiro atoms. The SMILES string of the molecule is CCC1O[C@H](O[C@@H]2C(CC)O[C@@H](O[C@@H]3C(CC)O[C@@H](O[C@@H]4C(C)O[C@@H](O[C@@H]5C(CO)O[C@H](O[C@H]6C(C)C(C)[C@@H](O[C@@H]7C(CC)O[C@H](C)C(C)[C@H]7C)O[C@H]6C)C(C)C5O)C(C)[C@H]4C)C(C)[C@H]3C)C(O)C2C)C(C)C(C)[C@@H]1O[C@@H]1OC(CC)[C@@H](O[C@@H]2OC(CC)[C@@H](C)[C@H](C)C2C)[C@H](C)C1O. The summed E-state index contributed by atoms with van der Waals surface area (Å²) in [5.41, 5.74) is 0. The average Bonchev–Trinajstić information content (AvgIpc) is 0.779. The first-order chi connectivity index (χ1) is 46.4. The minimum atomic E-state index is -1.05. The first kappa shape index (κ1) is 81.2. The molecule has 0 aromatic carbocycles. The Hall–Kier alpha value is -0.840. The second-order valence-electron chi connectivity index (χ2n) is 32.7. The van der Waals surface area contributed by atoms with Crippen molar-refractivity contribution in [1.82, 2.24) is 0 Å². The van der Waals surface area contributed by atoms with Crippen LogP contribution in [0.5, 0.6) is 0 Å². The molecule has 9 fully saturated rings. The lowest BCUT2D eigenvalue weighted by atomic mass is 9.78. The summed E-state index contributed by atoms with van der Waals surface area (Å²) in [6.07, 6.45) is -10.4. The summed E-state index contributed by atoms with van der Waals surface area (Å²) in [5.74, 6) is -0.113. The van der Waals surface area contributed by atoms with Crippen molar-refractivity contribution in [3.63, 3.8) is 0 Å². The van der Waals surface area contributed by atoms with Gasteiger partial charge in [0.25, 0.3) is 0 Å². The van der Waals surface area contributed by atoms with E-state index in [4.69, 9.17) is 80.5 Å². The molecule has 45 atom stereocenters. The Kier molecular flexibility index (Phi) is 28.9. The number of ether oxygens (including phenoxy) is 17. The molecular weight excluding hydrogens is 1260 g/mol. The van der Waals surface area contributed by atoms with Gasteiger partial charge in [-0.3, -0.25) is 0 Å². The molecule has 21 nitrogen and oxygen atoms in total. The Morgan fingerprint density at radius 1 is 0.204 bits per heavy atom. The van der Waals surface area contributed by atoms with Crippen LogP contribution in [0, 0.1) is 94.7 Å². The van der Waals surface area contributed by atoms with Crippen molar-refractivity contribution in [3.05, 3.63) is 0 Å². The summed E-state index contributed by atoms with van der Waals surface area (Å²) in [7, 11) is 0. The second kappa shape index (κ2) is 34.8. The zero-order valence-electron chi connectivity index (χ0n) is 64.7. The molecule has 0 bridgehead atoms. The fourth-order valence-electron chi connectivity index (χ4n) is 17.9. The van der Waals surface area contributed by atoms with Crippen molar-refractivity contribution in [1.29, 1.82) is 0 Å². The third-order valence-corrected chi connectivity index (χ3v) is 26.8. The fourth-order valence-corrected chi connectivity index (χ4v) is 17.9. The van der Waals surface area contributed by atoms with Crippen molar-refractivity contribution in [2.24, 2.45) is 94.7 Å². The topological polar surface area (TPSA) is 238 Å². The molecule has 98 heavy (non-hydrogen) atoms. The minimum Gasteiger partial charge on any atom is -0.394 e. The summed E-state index contributed by atoms with van der Waals surface area (Å²) >= 11 is 0. The molecule has 9 aliphatic heterocycles. The molecule has 0 aliphatic carbocycles. The quantitative estimate of drug-likeness (QED) is 0.0744. The van der Waals surface area contributed by atoms with Crippen LogP contribution in [0.25, 0.3) is 0 Å². The van der Waals surface area contributed by atoms with Crippen LogP contribution in [0.3, 0.4) is 0 Å². The van der Waals surface area contributed by atoms with Gasteiger partial charge in [-0.05, 0) is 107 Å². The largest absolute Gasteiger partial charge is 0.394 e. The number of aliphatic hydroxyl groups is 4. The lowest BCUT2D eigenvalue weighted by molar-refractivity contribution is -0.377. The Balaban J connectivity index is 0.759. The standard InChI is InChI=1S/C77H138O21/c1-26-52-35(9)33(7)41(15)72(85-52)94-67-46(20)60(80)76(88-56(67)30-5)97-66-40(14)45(19)74(87-55(66)29-4)95-68-47(21)61(81)77(89-57(68)31-6)96-65-39(13)44(18)73(86-54(65)28-3)91-62-38(12)43(17)71(84-50(62)24)98-69-58(32-78)90-75(48(22)59(69)79)92-63-37(11)42(16)70(83-51(63)25)93-64-36(10)34(8)49(23)82-53(64)27-2/h33-81H,26-32H2,1-25H3/t33-,34?,35-,36+,37?,38+,39+,40?,41?,42?,43?,44?,45?,46+,47?,48?,49+,50?,51-,52?,53?,54?,55?,56?,57?,58?,59?,60?,61?,62-,63-,64-,65-,66-,67-,68-,69+,70+,71-,72-,73-,74+,75+,76-,77-/m0/s1. The zero-order chi connectivity index (χ0) is 72.0. The molecule has 4 N–H and O–H groups in total. The van der Waals surface area contributed by atoms with Gasteiger partial charge in [-0.15, -0.1) is 0 Å². The van der Waals surface area contributed by atoms with Gasteiger partial charge in [-0.1, -0.05) is 152 Å². The average molecular weight is 1400 g/mol. The summed E-state index contributed by atoms with van der Waals surface area (Å²) in [4.78, 5) is 0. The second-order valence-corrected chi connectivity index (χ2v) is 32.7. The van der Waals surface area contributed by atoms with Crippen LogP contribution in [-0.2, 0) is 80.5 Å². The molecule has 0 saturated carbocycles. The van der Waals surface area contributed by atoms with E-state index in [0.29, 0.717) is 49.4 Å². The van der Waals surface area contributed by atoms with Crippen LogP contribution in [0.2, 0.25) is 0 Å². The third kappa shape index (κ3) is 16.6. The predicted octanol–water partition coefficient (Wildman–Crippen LogP) is 11.4. The number of aliphatic hydroxyl groups excluding tert-OH is 4. The van der Waals surface area contributed by atoms with Gasteiger partial charge in [0.1, 0.15) is 24.4 Å². The van der Waals surface area contributed by atoms with Gasteiger partial charge in [0.15, 0.2) is 50.3 Å². The Bertz CT molecular complexity index is 2380. The van der Waals surface area contributed by atoms with E-state index >= 15 is 0 Å². The van der Waals surface area contributed by atoms with E-state index in [0.717, 1.165) is 12.8 Å². The molecule has 0 aromatic rings. The maximum absolute atomic E-state index is 12.2. The molecular formula is C77H138O21. The van der Waals surface area contributed by atoms with Gasteiger partial charge in [-0.2, -0.15) is 0 Å². The normalized spacial score (nSPS) is 54.5. The minimum absolute atomic E-state index is 0.0115. The van der Waals surface area contributed by atoms with Gasteiger partial charge in [0.05, 0.1) is 110 Å². The van der Waals surface area contributed by atoms with Crippen LogP contribution < -0.4 is 0 Å². The molecule has 21 unspecified atom stereocenters. The molecule has 9 rings (SSSR count). The number of hydrogen-bond acceptors (Lipinski definition) is 21. The van der Waals surface area contributed by atoms with Gasteiger partial charge in [-0.25, -0.2) is 0 Å². The number of rotatable bonds is 23. The van der Waals surface area contributed by atoms with Crippen molar-refractivity contribution in [2.75, 3.05) is 6.61 Å². The monoisotopic (exact) mass is 1400 g/mol. The molecule has 0 amide bonds. The van der Waals surface area contributed by atoms with Crippen molar-refractivity contribution in [2.45, 2.75) is 390 Å². The predicted molar refractivity (Wildman–Crippen MR) is 367 cm³/mol. The van der Waals surface area contributed by atoms with Crippen LogP contribution in [0.4, 0.5) is 0 Å². The molecule has 9 heterocycles. The summed E-state index contributed by atoms with van der Waals surface area (Å²) in [6.45, 7) is 52.5. The molecule has 9 aliphatic rings. The number of hydrogen-bond donors (Lipinski definition) is 4. The summed E-state index contributed by atoms with van der Waals surface area (Å²) in [6, 6.07) is 0. The Labute approximate surface area is 590 Å². The molecule has 0 aromatic heterocycles. The summed E-state index contributed by atoms with van der Waals surface area (Å²) < 4.78 is 115. The van der Waals surface area contributed by atoms with E-state index in [2.05, 4.69) is 138 Å². The maximum Gasteiger partial charge on any atom is 0.184 e. The highest BCUT2D eigenvalue weighted by atomic mass is 16.8. The highest BCUT2D eigenvalue weighted by Gasteiger charge is 2.57. The first-order valence-corrected chi connectivity index (χ1v) is 39.2. The van der Waals surface area contributed by atoms with Crippen LogP contribution in [0.1, 0.15) is 212 Å². The third-order valence-electron chi connectivity index (χ3n) is 26.8. The Morgan fingerprint density at radius 3 is 0.827 bits per heavy atom. The van der Waals surface area contributed by atoms with Crippen molar-refractivity contribution < 1.29 is 101 Å². The summed E-state index contributed by atoms with van der Waals surface area (Å²) in [5, 5.41) is 47.1. The van der Waals surface area contributed by atoms with Gasteiger partial charge in [0.2, 0.25) is 0 Å². The van der Waals surface area contributed by atoms with E-state index in [1.807, 2.05) is 34.6 Å².